The lowest BCUT2D eigenvalue weighted by Gasteiger charge is -2.09. The molecule has 6 heteroatoms. The van der Waals surface area contributed by atoms with Crippen LogP contribution in [0.1, 0.15) is 18.9 Å². The highest BCUT2D eigenvalue weighted by atomic mass is 35.5. The summed E-state index contributed by atoms with van der Waals surface area (Å²) in [7, 11) is 0. The summed E-state index contributed by atoms with van der Waals surface area (Å²) < 4.78 is 2.27. The van der Waals surface area contributed by atoms with Crippen LogP contribution < -0.4 is 4.80 Å². The summed E-state index contributed by atoms with van der Waals surface area (Å²) in [5.41, 5.74) is 2.88. The Bertz CT molecular complexity index is 911. The predicted molar refractivity (Wildman–Crippen MR) is 95.5 cm³/mol. The van der Waals surface area contributed by atoms with Gasteiger partial charge >= 0.3 is 0 Å². The lowest BCUT2D eigenvalue weighted by Crippen LogP contribution is -2.14. The number of nitrogens with zero attached hydrogens (tertiary/aromatic N) is 3. The van der Waals surface area contributed by atoms with E-state index in [1.165, 1.54) is 12.8 Å². The Kier molecular flexibility index (Phi) is 3.97. The molecule has 0 radical (unpaired) electrons. The fourth-order valence-electron chi connectivity index (χ4n) is 2.51. The molecular weight excluding hydrogens is 349 g/mol. The highest BCUT2D eigenvalue weighted by Crippen LogP contribution is 2.40. The first-order chi connectivity index (χ1) is 11.2. The average Bonchev–Trinajstić information content (AvgIpc) is 3.32. The molecule has 0 bridgehead atoms. The molecule has 1 aromatic carbocycles. The molecule has 23 heavy (non-hydrogen) atoms. The van der Waals surface area contributed by atoms with Gasteiger partial charge in [0.25, 0.3) is 0 Å². The number of halogens is 2. The van der Waals surface area contributed by atoms with E-state index in [-0.39, 0.29) is 0 Å². The summed E-state index contributed by atoms with van der Waals surface area (Å²) in [5.74, 6) is 0. The van der Waals surface area contributed by atoms with Gasteiger partial charge in [-0.3, -0.25) is 4.98 Å². The number of hydrogen-bond donors (Lipinski definition) is 0. The number of hydrogen-bond acceptors (Lipinski definition) is 3. The van der Waals surface area contributed by atoms with Gasteiger partial charge in [0.2, 0.25) is 0 Å². The van der Waals surface area contributed by atoms with Crippen molar-refractivity contribution in [1.82, 2.24) is 9.55 Å². The van der Waals surface area contributed by atoms with Gasteiger partial charge in [0, 0.05) is 28.2 Å². The summed E-state index contributed by atoms with van der Waals surface area (Å²) in [6, 6.07) is 9.90. The van der Waals surface area contributed by atoms with Gasteiger partial charge in [0.15, 0.2) is 4.80 Å². The van der Waals surface area contributed by atoms with Gasteiger partial charge in [-0.1, -0.05) is 23.2 Å². The molecule has 3 nitrogen and oxygen atoms in total. The molecule has 0 atom stereocenters. The molecule has 0 unspecified atom stereocenters. The summed E-state index contributed by atoms with van der Waals surface area (Å²) >= 11 is 14.2. The first kappa shape index (κ1) is 14.9. The second-order valence-electron chi connectivity index (χ2n) is 5.45. The SMILES string of the molecule is Clc1ccc(Cl)c(-c2csc(=Nc3cccnc3)n2C2CC2)c1. The van der Waals surface area contributed by atoms with Crippen LogP contribution in [-0.2, 0) is 0 Å². The Morgan fingerprint density at radius 1 is 1.22 bits per heavy atom. The molecule has 0 saturated heterocycles. The molecule has 2 heterocycles. The lowest BCUT2D eigenvalue weighted by molar-refractivity contribution is 0.724. The maximum absolute atomic E-state index is 6.39. The van der Waals surface area contributed by atoms with Gasteiger partial charge in [0.05, 0.1) is 22.6 Å². The molecule has 0 amide bonds. The fraction of sp³-hybridized carbons (Fsp3) is 0.176. The van der Waals surface area contributed by atoms with Gasteiger partial charge in [-0.15, -0.1) is 11.3 Å². The normalized spacial score (nSPS) is 15.1. The molecule has 1 aliphatic rings. The van der Waals surface area contributed by atoms with Gasteiger partial charge in [-0.25, -0.2) is 4.99 Å². The minimum atomic E-state index is 0.488. The standard InChI is InChI=1S/C17H13Cl2N3S/c18-11-3-6-15(19)14(8-11)16-10-23-17(22(16)13-4-5-13)21-12-2-1-7-20-9-12/h1-3,6-10,13H,4-5H2. The summed E-state index contributed by atoms with van der Waals surface area (Å²) in [6.07, 6.45) is 5.85. The maximum atomic E-state index is 6.39. The van der Waals surface area contributed by atoms with E-state index in [9.17, 15) is 0 Å². The van der Waals surface area contributed by atoms with E-state index in [4.69, 9.17) is 28.2 Å². The predicted octanol–water partition coefficient (Wildman–Crippen LogP) is 5.49. The molecule has 0 aliphatic heterocycles. The van der Waals surface area contributed by atoms with Crippen molar-refractivity contribution >= 4 is 40.2 Å². The van der Waals surface area contributed by atoms with Crippen LogP contribution >= 0.6 is 34.5 Å². The highest BCUT2D eigenvalue weighted by Gasteiger charge is 2.28. The number of aromatic nitrogens is 2. The Morgan fingerprint density at radius 3 is 2.83 bits per heavy atom. The van der Waals surface area contributed by atoms with Crippen LogP contribution in [0.4, 0.5) is 5.69 Å². The number of benzene rings is 1. The molecule has 2 aromatic heterocycles. The van der Waals surface area contributed by atoms with Crippen molar-refractivity contribution in [3.05, 3.63) is 63.0 Å². The summed E-state index contributed by atoms with van der Waals surface area (Å²) in [6.45, 7) is 0. The monoisotopic (exact) mass is 361 g/mol. The van der Waals surface area contributed by atoms with Crippen molar-refractivity contribution in [2.45, 2.75) is 18.9 Å². The molecule has 1 aliphatic carbocycles. The van der Waals surface area contributed by atoms with E-state index in [1.807, 2.05) is 30.3 Å². The van der Waals surface area contributed by atoms with Crippen molar-refractivity contribution in [2.24, 2.45) is 4.99 Å². The zero-order chi connectivity index (χ0) is 15.8. The largest absolute Gasteiger partial charge is 0.313 e. The van der Waals surface area contributed by atoms with E-state index in [2.05, 4.69) is 14.9 Å². The summed E-state index contributed by atoms with van der Waals surface area (Å²) in [4.78, 5) is 9.83. The third kappa shape index (κ3) is 3.07. The van der Waals surface area contributed by atoms with Crippen molar-refractivity contribution in [1.29, 1.82) is 0 Å². The molecule has 1 saturated carbocycles. The second kappa shape index (κ2) is 6.11. The Balaban J connectivity index is 1.90. The van der Waals surface area contributed by atoms with Crippen LogP contribution in [0, 0.1) is 0 Å². The van der Waals surface area contributed by atoms with Gasteiger partial charge < -0.3 is 4.57 Å². The topological polar surface area (TPSA) is 30.2 Å². The van der Waals surface area contributed by atoms with Crippen LogP contribution in [-0.4, -0.2) is 9.55 Å². The van der Waals surface area contributed by atoms with E-state index in [0.717, 1.165) is 21.7 Å². The van der Waals surface area contributed by atoms with Crippen molar-refractivity contribution in [2.75, 3.05) is 0 Å². The first-order valence-electron chi connectivity index (χ1n) is 7.32. The maximum Gasteiger partial charge on any atom is 0.190 e. The van der Waals surface area contributed by atoms with E-state index < -0.39 is 0 Å². The minimum Gasteiger partial charge on any atom is -0.313 e. The lowest BCUT2D eigenvalue weighted by atomic mass is 10.1. The van der Waals surface area contributed by atoms with Crippen LogP contribution in [0.3, 0.4) is 0 Å². The minimum absolute atomic E-state index is 0.488. The molecule has 1 fully saturated rings. The molecule has 3 aromatic rings. The van der Waals surface area contributed by atoms with E-state index in [0.29, 0.717) is 16.1 Å². The van der Waals surface area contributed by atoms with Crippen LogP contribution in [0.15, 0.2) is 53.1 Å². The Hall–Kier alpha value is -1.62. The Labute approximate surface area is 147 Å². The van der Waals surface area contributed by atoms with Crippen molar-refractivity contribution < 1.29 is 0 Å². The van der Waals surface area contributed by atoms with E-state index in [1.54, 1.807) is 23.7 Å². The molecule has 116 valence electrons. The zero-order valence-corrected chi connectivity index (χ0v) is 14.4. The van der Waals surface area contributed by atoms with Crippen LogP contribution in [0.5, 0.6) is 0 Å². The number of pyridine rings is 1. The van der Waals surface area contributed by atoms with Crippen LogP contribution in [0.2, 0.25) is 10.0 Å². The van der Waals surface area contributed by atoms with Crippen molar-refractivity contribution in [3.63, 3.8) is 0 Å². The van der Waals surface area contributed by atoms with Gasteiger partial charge in [0.1, 0.15) is 0 Å². The van der Waals surface area contributed by atoms with Gasteiger partial charge in [-0.05, 0) is 43.2 Å². The smallest absolute Gasteiger partial charge is 0.190 e. The highest BCUT2D eigenvalue weighted by molar-refractivity contribution is 7.07. The van der Waals surface area contributed by atoms with Crippen LogP contribution in [0.25, 0.3) is 11.3 Å². The first-order valence-corrected chi connectivity index (χ1v) is 8.96. The molecule has 0 N–H and O–H groups in total. The molecule has 0 spiro atoms. The second-order valence-corrected chi connectivity index (χ2v) is 7.13. The third-order valence-corrected chi connectivity index (χ3v) is 5.13. The molecule has 4 rings (SSSR count). The fourth-order valence-corrected chi connectivity index (χ4v) is 3.87. The Morgan fingerprint density at radius 2 is 2.09 bits per heavy atom. The average molecular weight is 362 g/mol. The zero-order valence-electron chi connectivity index (χ0n) is 12.1. The number of thiazole rings is 1. The van der Waals surface area contributed by atoms with Crippen molar-refractivity contribution in [3.8, 4) is 11.3 Å². The quantitative estimate of drug-likeness (QED) is 0.606. The number of rotatable bonds is 3. The third-order valence-electron chi connectivity index (χ3n) is 3.73. The van der Waals surface area contributed by atoms with Gasteiger partial charge in [-0.2, -0.15) is 0 Å². The molecular formula is C17H13Cl2N3S. The van der Waals surface area contributed by atoms with E-state index >= 15 is 0 Å². The summed E-state index contributed by atoms with van der Waals surface area (Å²) in [5, 5.41) is 3.49.